The van der Waals surface area contributed by atoms with Gasteiger partial charge in [0.1, 0.15) is 11.5 Å². The summed E-state index contributed by atoms with van der Waals surface area (Å²) in [6.07, 6.45) is 6.10. The highest BCUT2D eigenvalue weighted by molar-refractivity contribution is 7.20. The molecule has 24 heavy (non-hydrogen) atoms. The fourth-order valence-corrected chi connectivity index (χ4v) is 4.19. The zero-order chi connectivity index (χ0) is 17.5. The SMILES string of the molecule is CCC(=O)CCCCCC(=O)c1nc(-c2nccs2)sc1C(C)C. The second kappa shape index (κ2) is 9.18. The van der Waals surface area contributed by atoms with E-state index in [0.717, 1.165) is 34.2 Å². The van der Waals surface area contributed by atoms with Crippen molar-refractivity contribution in [2.75, 3.05) is 0 Å². The van der Waals surface area contributed by atoms with Gasteiger partial charge < -0.3 is 0 Å². The quantitative estimate of drug-likeness (QED) is 0.412. The van der Waals surface area contributed by atoms with Gasteiger partial charge in [-0.25, -0.2) is 9.97 Å². The smallest absolute Gasteiger partial charge is 0.182 e. The van der Waals surface area contributed by atoms with Gasteiger partial charge in [0.2, 0.25) is 0 Å². The van der Waals surface area contributed by atoms with Crippen LogP contribution in [0.25, 0.3) is 10.0 Å². The zero-order valence-electron chi connectivity index (χ0n) is 14.5. The number of unbranched alkanes of at least 4 members (excludes halogenated alkanes) is 2. The number of hydrogen-bond donors (Lipinski definition) is 0. The third-order valence-electron chi connectivity index (χ3n) is 3.81. The van der Waals surface area contributed by atoms with E-state index in [1.807, 2.05) is 12.3 Å². The van der Waals surface area contributed by atoms with Gasteiger partial charge in [-0.1, -0.05) is 27.2 Å². The molecule has 2 rings (SSSR count). The summed E-state index contributed by atoms with van der Waals surface area (Å²) in [6, 6.07) is 0. The first-order chi connectivity index (χ1) is 11.5. The standard InChI is InChI=1S/C18H24N2O2S2/c1-4-13(21)8-6-5-7-9-14(22)15-16(12(2)3)24-18(20-15)17-19-10-11-23-17/h10-12H,4-9H2,1-3H3. The lowest BCUT2D eigenvalue weighted by Gasteiger charge is -2.04. The fraction of sp³-hybridized carbons (Fsp3) is 0.556. The average Bonchev–Trinajstić information content (AvgIpc) is 3.22. The number of aromatic nitrogens is 2. The molecule has 0 spiro atoms. The predicted molar refractivity (Wildman–Crippen MR) is 100 cm³/mol. The molecule has 0 saturated heterocycles. The minimum Gasteiger partial charge on any atom is -0.300 e. The third kappa shape index (κ3) is 5.05. The van der Waals surface area contributed by atoms with Gasteiger partial charge >= 0.3 is 0 Å². The van der Waals surface area contributed by atoms with Crippen molar-refractivity contribution >= 4 is 34.2 Å². The lowest BCUT2D eigenvalue weighted by molar-refractivity contribution is -0.118. The molecular weight excluding hydrogens is 340 g/mol. The normalized spacial score (nSPS) is 11.2. The largest absolute Gasteiger partial charge is 0.300 e. The second-order valence-electron chi connectivity index (χ2n) is 6.10. The number of hydrogen-bond acceptors (Lipinski definition) is 6. The molecule has 0 atom stereocenters. The van der Waals surface area contributed by atoms with Gasteiger partial charge in [0.15, 0.2) is 15.8 Å². The number of carbonyl (C=O) groups is 2. The average molecular weight is 365 g/mol. The molecule has 0 saturated carbocycles. The molecule has 0 bridgehead atoms. The van der Waals surface area contributed by atoms with E-state index in [-0.39, 0.29) is 11.7 Å². The number of ketones is 2. The maximum atomic E-state index is 12.6. The lowest BCUT2D eigenvalue weighted by Crippen LogP contribution is -2.04. The van der Waals surface area contributed by atoms with Crippen LogP contribution in [0.5, 0.6) is 0 Å². The van der Waals surface area contributed by atoms with E-state index < -0.39 is 0 Å². The summed E-state index contributed by atoms with van der Waals surface area (Å²) in [4.78, 5) is 33.8. The van der Waals surface area contributed by atoms with E-state index >= 15 is 0 Å². The molecule has 2 aromatic rings. The Morgan fingerprint density at radius 2 is 1.88 bits per heavy atom. The molecule has 0 amide bonds. The minimum absolute atomic E-state index is 0.111. The highest BCUT2D eigenvalue weighted by atomic mass is 32.1. The van der Waals surface area contributed by atoms with Crippen LogP contribution in [0.3, 0.4) is 0 Å². The Kier molecular flexibility index (Phi) is 7.24. The monoisotopic (exact) mass is 364 g/mol. The van der Waals surface area contributed by atoms with Crippen molar-refractivity contribution in [3.05, 3.63) is 22.1 Å². The summed E-state index contributed by atoms with van der Waals surface area (Å²) in [5.74, 6) is 0.688. The summed E-state index contributed by atoms with van der Waals surface area (Å²) < 4.78 is 0. The van der Waals surface area contributed by atoms with Crippen LogP contribution in [-0.4, -0.2) is 21.5 Å². The van der Waals surface area contributed by atoms with Gasteiger partial charge in [-0.05, 0) is 18.8 Å². The van der Waals surface area contributed by atoms with E-state index in [4.69, 9.17) is 0 Å². The molecule has 0 aromatic carbocycles. The summed E-state index contributed by atoms with van der Waals surface area (Å²) in [7, 11) is 0. The number of nitrogens with zero attached hydrogens (tertiary/aromatic N) is 2. The predicted octanol–water partition coefficient (Wildman–Crippen LogP) is 5.50. The van der Waals surface area contributed by atoms with Crippen molar-refractivity contribution in [2.45, 2.75) is 65.2 Å². The zero-order valence-corrected chi connectivity index (χ0v) is 16.1. The number of thiazole rings is 2. The van der Waals surface area contributed by atoms with Crippen LogP contribution in [0.1, 0.15) is 80.6 Å². The molecule has 0 N–H and O–H groups in total. The molecule has 0 unspecified atom stereocenters. The van der Waals surface area contributed by atoms with E-state index in [9.17, 15) is 9.59 Å². The van der Waals surface area contributed by atoms with Crippen LogP contribution in [0.4, 0.5) is 0 Å². The van der Waals surface area contributed by atoms with E-state index in [0.29, 0.717) is 30.7 Å². The second-order valence-corrected chi connectivity index (χ2v) is 8.03. The van der Waals surface area contributed by atoms with Crippen molar-refractivity contribution in [2.24, 2.45) is 0 Å². The van der Waals surface area contributed by atoms with Crippen LogP contribution >= 0.6 is 22.7 Å². The van der Waals surface area contributed by atoms with E-state index in [1.165, 1.54) is 0 Å². The fourth-order valence-electron chi connectivity index (χ4n) is 2.42. The van der Waals surface area contributed by atoms with Gasteiger partial charge in [-0.15, -0.1) is 22.7 Å². The van der Waals surface area contributed by atoms with Gasteiger partial charge in [0, 0.05) is 35.7 Å². The van der Waals surface area contributed by atoms with Crippen molar-refractivity contribution in [1.29, 1.82) is 0 Å². The Balaban J connectivity index is 1.97. The van der Waals surface area contributed by atoms with Crippen molar-refractivity contribution < 1.29 is 9.59 Å². The molecule has 0 aliphatic heterocycles. The van der Waals surface area contributed by atoms with Crippen LogP contribution in [0, 0.1) is 0 Å². The molecule has 2 heterocycles. The van der Waals surface area contributed by atoms with Crippen LogP contribution in [-0.2, 0) is 4.79 Å². The Hall–Kier alpha value is -1.40. The van der Waals surface area contributed by atoms with Gasteiger partial charge in [0.25, 0.3) is 0 Å². The maximum absolute atomic E-state index is 12.6. The Morgan fingerprint density at radius 3 is 2.50 bits per heavy atom. The molecule has 6 heteroatoms. The number of Topliss-reactive ketones (excluding diaryl/α,β-unsaturated/α-hetero) is 2. The molecule has 130 valence electrons. The summed E-state index contributed by atoms with van der Waals surface area (Å²) in [5.41, 5.74) is 0.616. The first-order valence-corrected chi connectivity index (χ1v) is 10.2. The minimum atomic E-state index is 0.111. The Labute approximate surface area is 151 Å². The molecule has 0 aliphatic carbocycles. The highest BCUT2D eigenvalue weighted by Gasteiger charge is 2.21. The van der Waals surface area contributed by atoms with E-state index in [2.05, 4.69) is 23.8 Å². The van der Waals surface area contributed by atoms with Crippen LogP contribution in [0.2, 0.25) is 0 Å². The van der Waals surface area contributed by atoms with Crippen LogP contribution < -0.4 is 0 Å². The molecular formula is C18H24N2O2S2. The van der Waals surface area contributed by atoms with Crippen molar-refractivity contribution in [3.63, 3.8) is 0 Å². The Morgan fingerprint density at radius 1 is 1.12 bits per heavy atom. The third-order valence-corrected chi connectivity index (χ3v) is 6.08. The first-order valence-electron chi connectivity index (χ1n) is 8.48. The number of rotatable bonds is 10. The van der Waals surface area contributed by atoms with Crippen LogP contribution in [0.15, 0.2) is 11.6 Å². The molecule has 0 radical (unpaired) electrons. The van der Waals surface area contributed by atoms with Crippen molar-refractivity contribution in [1.82, 2.24) is 9.97 Å². The Bertz CT molecular complexity index is 675. The van der Waals surface area contributed by atoms with Gasteiger partial charge in [0.05, 0.1) is 0 Å². The molecule has 4 nitrogen and oxygen atoms in total. The summed E-state index contributed by atoms with van der Waals surface area (Å²) >= 11 is 3.12. The van der Waals surface area contributed by atoms with Gasteiger partial charge in [-0.3, -0.25) is 9.59 Å². The molecule has 0 aliphatic rings. The summed E-state index contributed by atoms with van der Waals surface area (Å²) in [6.45, 7) is 6.07. The maximum Gasteiger partial charge on any atom is 0.182 e. The first kappa shape index (κ1) is 18.9. The molecule has 2 aromatic heterocycles. The lowest BCUT2D eigenvalue weighted by atomic mass is 10.0. The molecule has 0 fully saturated rings. The van der Waals surface area contributed by atoms with Crippen molar-refractivity contribution in [3.8, 4) is 10.0 Å². The highest BCUT2D eigenvalue weighted by Crippen LogP contribution is 2.34. The number of carbonyl (C=O) groups excluding carboxylic acids is 2. The summed E-state index contributed by atoms with van der Waals surface area (Å²) in [5, 5.41) is 3.63. The van der Waals surface area contributed by atoms with Gasteiger partial charge in [-0.2, -0.15) is 0 Å². The van der Waals surface area contributed by atoms with E-state index in [1.54, 1.807) is 28.9 Å². The topological polar surface area (TPSA) is 59.9 Å².